The van der Waals surface area contributed by atoms with E-state index in [1.807, 2.05) is 6.92 Å². The maximum absolute atomic E-state index is 13.1. The number of hydrogen-bond donors (Lipinski definition) is 2. The lowest BCUT2D eigenvalue weighted by Gasteiger charge is -2.15. The molecule has 0 saturated carbocycles. The van der Waals surface area contributed by atoms with Gasteiger partial charge >= 0.3 is 12.1 Å². The standard InChI is InChI=1S/C17H18F3N3O3/c1-3-13-10(2)15(26-9-14(24)25)23-16(22-13)21-8-11-6-4-5-7-12(11)17(18,19)20/h4-7H,3,8-9H2,1-2H3,(H,24,25)(H,21,22,23). The molecule has 26 heavy (non-hydrogen) atoms. The number of aliphatic carboxylic acids is 1. The largest absolute Gasteiger partial charge is 0.479 e. The second-order valence-electron chi connectivity index (χ2n) is 5.47. The van der Waals surface area contributed by atoms with Crippen molar-refractivity contribution >= 4 is 11.9 Å². The summed E-state index contributed by atoms with van der Waals surface area (Å²) >= 11 is 0. The van der Waals surface area contributed by atoms with Crippen LogP contribution in [0, 0.1) is 6.92 Å². The van der Waals surface area contributed by atoms with Crippen LogP contribution in [0.3, 0.4) is 0 Å². The Morgan fingerprint density at radius 3 is 2.58 bits per heavy atom. The van der Waals surface area contributed by atoms with Crippen molar-refractivity contribution in [2.45, 2.75) is 33.0 Å². The van der Waals surface area contributed by atoms with Crippen molar-refractivity contribution in [3.63, 3.8) is 0 Å². The van der Waals surface area contributed by atoms with Crippen molar-refractivity contribution < 1.29 is 27.8 Å². The van der Waals surface area contributed by atoms with Crippen LogP contribution in [-0.4, -0.2) is 27.7 Å². The fourth-order valence-electron chi connectivity index (χ4n) is 2.36. The molecule has 2 N–H and O–H groups in total. The third kappa shape index (κ3) is 4.84. The predicted octanol–water partition coefficient (Wildman–Crippen LogP) is 3.44. The summed E-state index contributed by atoms with van der Waals surface area (Å²) in [7, 11) is 0. The molecule has 2 aromatic rings. The van der Waals surface area contributed by atoms with Gasteiger partial charge in [-0.15, -0.1) is 0 Å². The lowest BCUT2D eigenvalue weighted by molar-refractivity contribution is -0.139. The number of rotatable bonds is 7. The Hall–Kier alpha value is -2.84. The second kappa shape index (κ2) is 8.03. The smallest absolute Gasteiger partial charge is 0.416 e. The van der Waals surface area contributed by atoms with Crippen LogP contribution in [0.5, 0.6) is 5.88 Å². The minimum absolute atomic E-state index is 0.0511. The minimum atomic E-state index is -4.46. The molecule has 1 heterocycles. The molecule has 0 aliphatic rings. The summed E-state index contributed by atoms with van der Waals surface area (Å²) in [5.74, 6) is -0.995. The Kier molecular flexibility index (Phi) is 6.01. The van der Waals surface area contributed by atoms with Crippen LogP contribution < -0.4 is 10.1 Å². The van der Waals surface area contributed by atoms with E-state index in [-0.39, 0.29) is 23.9 Å². The van der Waals surface area contributed by atoms with Gasteiger partial charge < -0.3 is 15.2 Å². The maximum atomic E-state index is 13.1. The van der Waals surface area contributed by atoms with Gasteiger partial charge in [-0.1, -0.05) is 25.1 Å². The van der Waals surface area contributed by atoms with E-state index in [9.17, 15) is 18.0 Å². The van der Waals surface area contributed by atoms with Crippen LogP contribution in [-0.2, 0) is 23.9 Å². The summed E-state index contributed by atoms with van der Waals surface area (Å²) in [5, 5.41) is 11.5. The minimum Gasteiger partial charge on any atom is -0.479 e. The highest BCUT2D eigenvalue weighted by Gasteiger charge is 2.32. The number of carboxylic acids is 1. The molecule has 2 rings (SSSR count). The zero-order valence-electron chi connectivity index (χ0n) is 14.2. The van der Waals surface area contributed by atoms with Crippen LogP contribution in [0.4, 0.5) is 19.1 Å². The molecule has 1 aromatic heterocycles. The van der Waals surface area contributed by atoms with E-state index in [4.69, 9.17) is 9.84 Å². The van der Waals surface area contributed by atoms with Crippen molar-refractivity contribution in [2.24, 2.45) is 0 Å². The number of aromatic nitrogens is 2. The van der Waals surface area contributed by atoms with Crippen LogP contribution >= 0.6 is 0 Å². The number of hydrogen-bond acceptors (Lipinski definition) is 5. The van der Waals surface area contributed by atoms with E-state index in [0.29, 0.717) is 17.7 Å². The van der Waals surface area contributed by atoms with Crippen LogP contribution in [0.1, 0.15) is 29.3 Å². The third-order valence-electron chi connectivity index (χ3n) is 3.63. The molecule has 0 aliphatic carbocycles. The first kappa shape index (κ1) is 19.5. The van der Waals surface area contributed by atoms with E-state index >= 15 is 0 Å². The number of alkyl halides is 3. The Labute approximate surface area is 148 Å². The van der Waals surface area contributed by atoms with Crippen molar-refractivity contribution in [3.8, 4) is 5.88 Å². The number of nitrogens with one attached hydrogen (secondary N) is 1. The van der Waals surface area contributed by atoms with E-state index in [1.54, 1.807) is 6.92 Å². The normalized spacial score (nSPS) is 11.3. The summed E-state index contributed by atoms with van der Waals surface area (Å²) in [6.45, 7) is 2.83. The summed E-state index contributed by atoms with van der Waals surface area (Å²) in [5.41, 5.74) is 0.523. The highest BCUT2D eigenvalue weighted by molar-refractivity contribution is 5.68. The Bertz CT molecular complexity index is 795. The van der Waals surface area contributed by atoms with E-state index in [2.05, 4.69) is 15.3 Å². The lowest BCUT2D eigenvalue weighted by atomic mass is 10.1. The predicted molar refractivity (Wildman–Crippen MR) is 88.0 cm³/mol. The van der Waals surface area contributed by atoms with Gasteiger partial charge in [0.1, 0.15) is 0 Å². The SMILES string of the molecule is CCc1nc(NCc2ccccc2C(F)(F)F)nc(OCC(=O)O)c1C. The van der Waals surface area contributed by atoms with E-state index < -0.39 is 24.3 Å². The molecule has 1 aromatic carbocycles. The fraction of sp³-hybridized carbons (Fsp3) is 0.353. The highest BCUT2D eigenvalue weighted by Crippen LogP contribution is 2.32. The number of anilines is 1. The molecule has 0 unspecified atom stereocenters. The molecule has 0 bridgehead atoms. The second-order valence-corrected chi connectivity index (χ2v) is 5.47. The summed E-state index contributed by atoms with van der Waals surface area (Å²) in [6.07, 6.45) is -3.93. The fourth-order valence-corrected chi connectivity index (χ4v) is 2.36. The number of carbonyl (C=O) groups is 1. The van der Waals surface area contributed by atoms with Crippen molar-refractivity contribution in [2.75, 3.05) is 11.9 Å². The summed E-state index contributed by atoms with van der Waals surface area (Å²) < 4.78 is 44.3. The topological polar surface area (TPSA) is 84.3 Å². The first-order valence-electron chi connectivity index (χ1n) is 7.83. The van der Waals surface area contributed by atoms with Crippen molar-refractivity contribution in [1.82, 2.24) is 9.97 Å². The summed E-state index contributed by atoms with van der Waals surface area (Å²) in [4.78, 5) is 19.0. The van der Waals surface area contributed by atoms with Crippen LogP contribution in [0.2, 0.25) is 0 Å². The molecule has 0 saturated heterocycles. The van der Waals surface area contributed by atoms with Gasteiger partial charge in [-0.25, -0.2) is 9.78 Å². The van der Waals surface area contributed by atoms with Crippen molar-refractivity contribution in [3.05, 3.63) is 46.6 Å². The van der Waals surface area contributed by atoms with E-state index in [1.165, 1.54) is 18.2 Å². The molecule has 140 valence electrons. The number of aryl methyl sites for hydroxylation is 1. The first-order valence-corrected chi connectivity index (χ1v) is 7.83. The zero-order chi connectivity index (χ0) is 19.3. The van der Waals surface area contributed by atoms with Gasteiger partial charge in [0, 0.05) is 12.1 Å². The molecule has 0 fully saturated rings. The van der Waals surface area contributed by atoms with Crippen LogP contribution in [0.15, 0.2) is 24.3 Å². The van der Waals surface area contributed by atoms with Gasteiger partial charge in [-0.05, 0) is 25.0 Å². The number of ether oxygens (including phenoxy) is 1. The maximum Gasteiger partial charge on any atom is 0.416 e. The monoisotopic (exact) mass is 369 g/mol. The van der Waals surface area contributed by atoms with Gasteiger partial charge in [0.2, 0.25) is 11.8 Å². The molecule has 6 nitrogen and oxygen atoms in total. The molecule has 0 atom stereocenters. The van der Waals surface area contributed by atoms with Crippen molar-refractivity contribution in [1.29, 1.82) is 0 Å². The van der Waals surface area contributed by atoms with Gasteiger partial charge in [-0.2, -0.15) is 18.2 Å². The average Bonchev–Trinajstić information content (AvgIpc) is 2.59. The molecule has 0 spiro atoms. The molecule has 0 amide bonds. The number of halogens is 3. The van der Waals surface area contributed by atoms with Gasteiger partial charge in [0.05, 0.1) is 11.3 Å². The third-order valence-corrected chi connectivity index (χ3v) is 3.63. The zero-order valence-corrected chi connectivity index (χ0v) is 14.2. The molecule has 0 aliphatic heterocycles. The first-order chi connectivity index (χ1) is 12.2. The van der Waals surface area contributed by atoms with Gasteiger partial charge in [-0.3, -0.25) is 0 Å². The Morgan fingerprint density at radius 1 is 1.27 bits per heavy atom. The molecule has 9 heteroatoms. The Balaban J connectivity index is 2.25. The van der Waals surface area contributed by atoms with Gasteiger partial charge in [0.15, 0.2) is 6.61 Å². The molecular weight excluding hydrogens is 351 g/mol. The Morgan fingerprint density at radius 2 is 1.96 bits per heavy atom. The number of nitrogens with zero attached hydrogens (tertiary/aromatic N) is 2. The quantitative estimate of drug-likeness (QED) is 0.778. The number of benzene rings is 1. The lowest BCUT2D eigenvalue weighted by Crippen LogP contribution is -2.15. The molecular formula is C17H18F3N3O3. The van der Waals surface area contributed by atoms with E-state index in [0.717, 1.165) is 6.07 Å². The average molecular weight is 369 g/mol. The van der Waals surface area contributed by atoms with Gasteiger partial charge in [0.25, 0.3) is 0 Å². The number of carboxylic acid groups (broad SMARTS) is 1. The molecule has 0 radical (unpaired) electrons. The van der Waals surface area contributed by atoms with Crippen LogP contribution in [0.25, 0.3) is 0 Å². The highest BCUT2D eigenvalue weighted by atomic mass is 19.4. The summed E-state index contributed by atoms with van der Waals surface area (Å²) in [6, 6.07) is 5.21.